The quantitative estimate of drug-likeness (QED) is 0.659. The van der Waals surface area contributed by atoms with Gasteiger partial charge in [-0.15, -0.1) is 0 Å². The lowest BCUT2D eigenvalue weighted by Crippen LogP contribution is -2.21. The van der Waals surface area contributed by atoms with Crippen molar-refractivity contribution >= 4 is 35.1 Å². The van der Waals surface area contributed by atoms with Crippen molar-refractivity contribution in [3.05, 3.63) is 45.7 Å². The molecule has 0 fully saturated rings. The molecule has 2 rings (SSSR count). The largest absolute Gasteiger partial charge is 0.495 e. The number of rotatable bonds is 7. The van der Waals surface area contributed by atoms with Gasteiger partial charge in [-0.25, -0.2) is 9.59 Å². The maximum Gasteiger partial charge on any atom is 0.355 e. The number of aromatic nitrogens is 1. The van der Waals surface area contributed by atoms with Gasteiger partial charge < -0.3 is 24.5 Å². The first-order chi connectivity index (χ1) is 13.6. The molecule has 2 aromatic rings. The molecule has 0 saturated heterocycles. The number of hydrogen-bond acceptors (Lipinski definition) is 6. The summed E-state index contributed by atoms with van der Waals surface area (Å²) in [7, 11) is 1.46. The van der Waals surface area contributed by atoms with Crippen molar-refractivity contribution in [1.82, 2.24) is 4.98 Å². The van der Waals surface area contributed by atoms with Crippen LogP contribution in [0.1, 0.15) is 46.0 Å². The maximum atomic E-state index is 12.4. The molecule has 1 aromatic heterocycles. The Morgan fingerprint density at radius 1 is 1.17 bits per heavy atom. The number of methoxy groups -OCH3 is 1. The lowest BCUT2D eigenvalue weighted by atomic mass is 10.1. The normalized spacial score (nSPS) is 10.6. The summed E-state index contributed by atoms with van der Waals surface area (Å²) < 4.78 is 15.4. The predicted octanol–water partition coefficient (Wildman–Crippen LogP) is 3.65. The van der Waals surface area contributed by atoms with E-state index in [1.165, 1.54) is 13.2 Å². The molecule has 0 radical (unpaired) electrons. The standard InChI is InChI=1S/C20H23ClN2O6/c1-10(2)29-19(25)17-11(3)18(22-12(17)4)20(26)28-9-16(24)23-14-8-13(21)6-7-15(14)27-5/h6-8,10,22H,9H2,1-5H3,(H,23,24). The molecule has 0 aliphatic rings. The van der Waals surface area contributed by atoms with E-state index in [4.69, 9.17) is 25.8 Å². The molecular formula is C20H23ClN2O6. The van der Waals surface area contributed by atoms with E-state index in [2.05, 4.69) is 10.3 Å². The summed E-state index contributed by atoms with van der Waals surface area (Å²) in [5.74, 6) is -1.45. The van der Waals surface area contributed by atoms with Crippen LogP contribution in [0.5, 0.6) is 5.75 Å². The van der Waals surface area contributed by atoms with Crippen molar-refractivity contribution in [2.75, 3.05) is 19.0 Å². The summed E-state index contributed by atoms with van der Waals surface area (Å²) in [5.41, 5.74) is 1.60. The van der Waals surface area contributed by atoms with Gasteiger partial charge in [0.25, 0.3) is 5.91 Å². The smallest absolute Gasteiger partial charge is 0.355 e. The van der Waals surface area contributed by atoms with Gasteiger partial charge in [0.05, 0.1) is 24.5 Å². The van der Waals surface area contributed by atoms with E-state index in [1.807, 2.05) is 0 Å². The summed E-state index contributed by atoms with van der Waals surface area (Å²) in [6.45, 7) is 6.19. The second-order valence-electron chi connectivity index (χ2n) is 6.55. The number of H-pyrrole nitrogens is 1. The van der Waals surface area contributed by atoms with Crippen molar-refractivity contribution in [2.24, 2.45) is 0 Å². The number of amides is 1. The number of aryl methyl sites for hydroxylation is 1. The minimum absolute atomic E-state index is 0.0892. The molecule has 156 valence electrons. The zero-order chi connectivity index (χ0) is 21.7. The van der Waals surface area contributed by atoms with Crippen LogP contribution < -0.4 is 10.1 Å². The molecule has 9 heteroatoms. The Morgan fingerprint density at radius 2 is 1.86 bits per heavy atom. The van der Waals surface area contributed by atoms with Crippen LogP contribution in [0.3, 0.4) is 0 Å². The molecule has 29 heavy (non-hydrogen) atoms. The highest BCUT2D eigenvalue weighted by molar-refractivity contribution is 6.31. The number of halogens is 1. The summed E-state index contributed by atoms with van der Waals surface area (Å²) in [6.07, 6.45) is -0.293. The lowest BCUT2D eigenvalue weighted by Gasteiger charge is -2.11. The fourth-order valence-corrected chi connectivity index (χ4v) is 2.87. The van der Waals surface area contributed by atoms with Crippen LogP contribution in [0, 0.1) is 13.8 Å². The molecule has 0 spiro atoms. The van der Waals surface area contributed by atoms with Crippen LogP contribution in [0.4, 0.5) is 5.69 Å². The highest BCUT2D eigenvalue weighted by Gasteiger charge is 2.25. The molecule has 0 bridgehead atoms. The van der Waals surface area contributed by atoms with Crippen molar-refractivity contribution < 1.29 is 28.6 Å². The Balaban J connectivity index is 2.05. The van der Waals surface area contributed by atoms with Crippen LogP contribution >= 0.6 is 11.6 Å². The van der Waals surface area contributed by atoms with Gasteiger partial charge in [0, 0.05) is 10.7 Å². The Hall–Kier alpha value is -3.00. The predicted molar refractivity (Wildman–Crippen MR) is 108 cm³/mol. The van der Waals surface area contributed by atoms with E-state index >= 15 is 0 Å². The van der Waals surface area contributed by atoms with E-state index in [-0.39, 0.29) is 17.4 Å². The number of carbonyl (C=O) groups is 3. The number of benzene rings is 1. The van der Waals surface area contributed by atoms with Gasteiger partial charge in [-0.05, 0) is 51.5 Å². The third-order valence-corrected chi connectivity index (χ3v) is 4.19. The number of nitrogens with one attached hydrogen (secondary N) is 2. The summed E-state index contributed by atoms with van der Waals surface area (Å²) in [4.78, 5) is 39.6. The summed E-state index contributed by atoms with van der Waals surface area (Å²) >= 11 is 5.92. The monoisotopic (exact) mass is 422 g/mol. The molecular weight excluding hydrogens is 400 g/mol. The van der Waals surface area contributed by atoms with Gasteiger partial charge in [0.1, 0.15) is 11.4 Å². The molecule has 0 aliphatic heterocycles. The van der Waals surface area contributed by atoms with Gasteiger partial charge in [-0.2, -0.15) is 0 Å². The maximum absolute atomic E-state index is 12.4. The summed E-state index contributed by atoms with van der Waals surface area (Å²) in [5, 5.41) is 2.98. The van der Waals surface area contributed by atoms with Gasteiger partial charge in [-0.3, -0.25) is 4.79 Å². The van der Waals surface area contributed by atoms with E-state index in [9.17, 15) is 14.4 Å². The zero-order valence-corrected chi connectivity index (χ0v) is 17.6. The summed E-state index contributed by atoms with van der Waals surface area (Å²) in [6, 6.07) is 4.74. The van der Waals surface area contributed by atoms with Gasteiger partial charge >= 0.3 is 11.9 Å². The molecule has 0 atom stereocenters. The van der Waals surface area contributed by atoms with E-state index in [1.54, 1.807) is 39.8 Å². The van der Waals surface area contributed by atoms with Crippen LogP contribution in [-0.2, 0) is 14.3 Å². The van der Waals surface area contributed by atoms with Crippen molar-refractivity contribution in [3.63, 3.8) is 0 Å². The molecule has 0 saturated carbocycles. The molecule has 2 N–H and O–H groups in total. The van der Waals surface area contributed by atoms with Crippen molar-refractivity contribution in [1.29, 1.82) is 0 Å². The minimum Gasteiger partial charge on any atom is -0.495 e. The number of aromatic amines is 1. The number of hydrogen-bond donors (Lipinski definition) is 2. The topological polar surface area (TPSA) is 107 Å². The third-order valence-electron chi connectivity index (χ3n) is 3.96. The first-order valence-electron chi connectivity index (χ1n) is 8.84. The Morgan fingerprint density at radius 3 is 2.48 bits per heavy atom. The number of esters is 2. The third kappa shape index (κ3) is 5.51. The SMILES string of the molecule is COc1ccc(Cl)cc1NC(=O)COC(=O)c1[nH]c(C)c(C(=O)OC(C)C)c1C. The number of carbonyl (C=O) groups excluding carboxylic acids is 3. The minimum atomic E-state index is -0.762. The molecule has 0 unspecified atom stereocenters. The fraction of sp³-hybridized carbons (Fsp3) is 0.350. The molecule has 1 heterocycles. The van der Waals surface area contributed by atoms with Crippen LogP contribution in [-0.4, -0.2) is 42.7 Å². The van der Waals surface area contributed by atoms with Crippen LogP contribution in [0.15, 0.2) is 18.2 Å². The Kier molecular flexibility index (Phi) is 7.28. The number of anilines is 1. The zero-order valence-electron chi connectivity index (χ0n) is 16.8. The van der Waals surface area contributed by atoms with Crippen molar-refractivity contribution in [2.45, 2.75) is 33.8 Å². The van der Waals surface area contributed by atoms with Gasteiger partial charge in [0.15, 0.2) is 6.61 Å². The fourth-order valence-electron chi connectivity index (χ4n) is 2.70. The highest BCUT2D eigenvalue weighted by atomic mass is 35.5. The molecule has 1 amide bonds. The Labute approximate surface area is 173 Å². The lowest BCUT2D eigenvalue weighted by molar-refractivity contribution is -0.119. The molecule has 1 aromatic carbocycles. The second-order valence-corrected chi connectivity index (χ2v) is 6.98. The van der Waals surface area contributed by atoms with Gasteiger partial charge in [-0.1, -0.05) is 11.6 Å². The van der Waals surface area contributed by atoms with Crippen molar-refractivity contribution in [3.8, 4) is 5.75 Å². The molecule has 8 nitrogen and oxygen atoms in total. The molecule has 0 aliphatic carbocycles. The van der Waals surface area contributed by atoms with Crippen LogP contribution in [0.25, 0.3) is 0 Å². The first-order valence-corrected chi connectivity index (χ1v) is 9.22. The Bertz CT molecular complexity index is 935. The van der Waals surface area contributed by atoms with Crippen LogP contribution in [0.2, 0.25) is 5.02 Å². The second kappa shape index (κ2) is 9.47. The average Bonchev–Trinajstić information content (AvgIpc) is 2.93. The van der Waals surface area contributed by atoms with E-state index in [0.29, 0.717) is 27.7 Å². The highest BCUT2D eigenvalue weighted by Crippen LogP contribution is 2.27. The average molecular weight is 423 g/mol. The number of ether oxygens (including phenoxy) is 3. The van der Waals surface area contributed by atoms with E-state index in [0.717, 1.165) is 0 Å². The van der Waals surface area contributed by atoms with Gasteiger partial charge in [0.2, 0.25) is 0 Å². The first kappa shape index (κ1) is 22.3. The van der Waals surface area contributed by atoms with E-state index < -0.39 is 24.5 Å².